The van der Waals surface area contributed by atoms with Gasteiger partial charge in [0.05, 0.1) is 20.2 Å². The number of amides is 1. The van der Waals surface area contributed by atoms with E-state index in [0.29, 0.717) is 18.5 Å². The molecule has 6 nitrogen and oxygen atoms in total. The van der Waals surface area contributed by atoms with Crippen molar-refractivity contribution in [2.75, 3.05) is 20.2 Å². The van der Waals surface area contributed by atoms with Crippen molar-refractivity contribution < 1.29 is 9.53 Å². The number of methoxy groups -OCH3 is 1. The zero-order chi connectivity index (χ0) is 17.9. The molecule has 0 saturated heterocycles. The van der Waals surface area contributed by atoms with Crippen molar-refractivity contribution in [3.8, 4) is 5.75 Å². The van der Waals surface area contributed by atoms with E-state index in [-0.39, 0.29) is 36.4 Å². The number of ether oxygens (including phenoxy) is 1. The van der Waals surface area contributed by atoms with Crippen molar-refractivity contribution in [2.45, 2.75) is 51.6 Å². The van der Waals surface area contributed by atoms with Crippen molar-refractivity contribution in [3.63, 3.8) is 0 Å². The molecular weight excluding hydrogens is 443 g/mol. The van der Waals surface area contributed by atoms with Gasteiger partial charge in [-0.2, -0.15) is 0 Å². The van der Waals surface area contributed by atoms with Crippen LogP contribution in [0, 0.1) is 0 Å². The van der Waals surface area contributed by atoms with Crippen LogP contribution < -0.4 is 20.7 Å². The third-order valence-electron chi connectivity index (χ3n) is 4.28. The highest BCUT2D eigenvalue weighted by molar-refractivity contribution is 14.0. The average Bonchev–Trinajstić information content (AvgIpc) is 2.65. The maximum atomic E-state index is 12.1. The summed E-state index contributed by atoms with van der Waals surface area (Å²) in [5.41, 5.74) is 1.06. The van der Waals surface area contributed by atoms with Gasteiger partial charge in [0.1, 0.15) is 5.75 Å². The van der Waals surface area contributed by atoms with Crippen LogP contribution >= 0.6 is 24.0 Å². The Kier molecular flexibility index (Phi) is 11.1. The summed E-state index contributed by atoms with van der Waals surface area (Å²) in [5.74, 6) is 1.49. The summed E-state index contributed by atoms with van der Waals surface area (Å²) < 4.78 is 5.23. The van der Waals surface area contributed by atoms with Crippen LogP contribution in [0.2, 0.25) is 0 Å². The smallest absolute Gasteiger partial charge is 0.239 e. The summed E-state index contributed by atoms with van der Waals surface area (Å²) in [4.78, 5) is 16.6. The molecule has 1 saturated carbocycles. The Bertz CT molecular complexity index is 574. The molecule has 0 atom stereocenters. The van der Waals surface area contributed by atoms with Crippen LogP contribution in [0.1, 0.15) is 44.6 Å². The van der Waals surface area contributed by atoms with Gasteiger partial charge in [0.25, 0.3) is 0 Å². The molecule has 0 bridgehead atoms. The van der Waals surface area contributed by atoms with Gasteiger partial charge in [0.15, 0.2) is 5.96 Å². The van der Waals surface area contributed by atoms with E-state index in [1.54, 1.807) is 7.11 Å². The fraction of sp³-hybridized carbons (Fsp3) is 0.579. The summed E-state index contributed by atoms with van der Waals surface area (Å²) in [6.07, 6.45) is 5.89. The van der Waals surface area contributed by atoms with Crippen LogP contribution in [0.3, 0.4) is 0 Å². The first kappa shape index (κ1) is 22.5. The molecule has 1 aromatic carbocycles. The predicted octanol–water partition coefficient (Wildman–Crippen LogP) is 2.82. The van der Waals surface area contributed by atoms with Crippen LogP contribution in [-0.4, -0.2) is 38.1 Å². The lowest BCUT2D eigenvalue weighted by molar-refractivity contribution is -0.120. The Morgan fingerprint density at radius 1 is 1.23 bits per heavy atom. The van der Waals surface area contributed by atoms with Crippen molar-refractivity contribution >= 4 is 35.8 Å². The molecule has 1 fully saturated rings. The molecule has 0 unspecified atom stereocenters. The van der Waals surface area contributed by atoms with Crippen LogP contribution in [0.5, 0.6) is 5.75 Å². The van der Waals surface area contributed by atoms with Gasteiger partial charge in [-0.15, -0.1) is 24.0 Å². The Hall–Kier alpha value is -1.51. The molecule has 3 N–H and O–H groups in total. The number of hydrogen-bond acceptors (Lipinski definition) is 3. The molecule has 146 valence electrons. The number of nitrogens with one attached hydrogen (secondary N) is 3. The Labute approximate surface area is 173 Å². The number of guanidine groups is 1. The fourth-order valence-electron chi connectivity index (χ4n) is 2.97. The van der Waals surface area contributed by atoms with Gasteiger partial charge < -0.3 is 20.7 Å². The van der Waals surface area contributed by atoms with Crippen LogP contribution in [-0.2, 0) is 11.3 Å². The number of hydrogen-bond donors (Lipinski definition) is 3. The first-order chi connectivity index (χ1) is 12.2. The minimum absolute atomic E-state index is 0. The summed E-state index contributed by atoms with van der Waals surface area (Å²) in [5, 5.41) is 9.38. The summed E-state index contributed by atoms with van der Waals surface area (Å²) >= 11 is 0. The van der Waals surface area contributed by atoms with E-state index in [4.69, 9.17) is 4.74 Å². The zero-order valence-corrected chi connectivity index (χ0v) is 18.0. The molecule has 2 rings (SSSR count). The zero-order valence-electron chi connectivity index (χ0n) is 15.7. The second kappa shape index (κ2) is 12.8. The molecule has 0 aromatic heterocycles. The third-order valence-corrected chi connectivity index (χ3v) is 4.28. The molecule has 0 radical (unpaired) electrons. The number of rotatable bonds is 7. The summed E-state index contributed by atoms with van der Waals surface area (Å²) in [6, 6.07) is 8.15. The number of halogens is 1. The van der Waals surface area contributed by atoms with Crippen molar-refractivity contribution in [1.29, 1.82) is 0 Å². The van der Waals surface area contributed by atoms with E-state index in [1.165, 1.54) is 19.3 Å². The number of benzene rings is 1. The lowest BCUT2D eigenvalue weighted by Gasteiger charge is -2.23. The van der Waals surface area contributed by atoms with E-state index in [2.05, 4.69) is 20.9 Å². The number of aliphatic imine (C=N–C) groups is 1. The maximum Gasteiger partial charge on any atom is 0.239 e. The van der Waals surface area contributed by atoms with E-state index in [1.807, 2.05) is 31.2 Å². The minimum atomic E-state index is 0. The SMILES string of the molecule is CCNC(=NCc1cccc(OC)c1)NCC(=O)NC1CCCCC1.I. The molecule has 1 aliphatic rings. The highest BCUT2D eigenvalue weighted by atomic mass is 127. The molecule has 0 heterocycles. The van der Waals surface area contributed by atoms with Crippen LogP contribution in [0.25, 0.3) is 0 Å². The molecule has 1 aromatic rings. The lowest BCUT2D eigenvalue weighted by Crippen LogP contribution is -2.46. The molecule has 1 amide bonds. The first-order valence-electron chi connectivity index (χ1n) is 9.15. The number of carbonyl (C=O) groups excluding carboxylic acids is 1. The summed E-state index contributed by atoms with van der Waals surface area (Å²) in [7, 11) is 1.65. The van der Waals surface area contributed by atoms with Crippen molar-refractivity contribution in [1.82, 2.24) is 16.0 Å². The van der Waals surface area contributed by atoms with Crippen LogP contribution in [0.15, 0.2) is 29.3 Å². The standard InChI is InChI=1S/C19H30N4O2.HI/c1-3-20-19(21-13-15-8-7-11-17(12-15)25-2)22-14-18(24)23-16-9-5-4-6-10-16;/h7-8,11-12,16H,3-6,9-10,13-14H2,1-2H3,(H,23,24)(H2,20,21,22);1H. The first-order valence-corrected chi connectivity index (χ1v) is 9.15. The number of nitrogens with zero attached hydrogens (tertiary/aromatic N) is 1. The van der Waals surface area contributed by atoms with E-state index >= 15 is 0 Å². The van der Waals surface area contributed by atoms with Gasteiger partial charge in [-0.25, -0.2) is 4.99 Å². The number of carbonyl (C=O) groups is 1. The van der Waals surface area contributed by atoms with Gasteiger partial charge in [0, 0.05) is 12.6 Å². The van der Waals surface area contributed by atoms with Gasteiger partial charge >= 0.3 is 0 Å². The van der Waals surface area contributed by atoms with Gasteiger partial charge in [-0.1, -0.05) is 31.4 Å². The molecule has 0 spiro atoms. The highest BCUT2D eigenvalue weighted by Gasteiger charge is 2.15. The highest BCUT2D eigenvalue weighted by Crippen LogP contribution is 2.17. The molecule has 26 heavy (non-hydrogen) atoms. The van der Waals surface area contributed by atoms with Gasteiger partial charge in [-0.05, 0) is 37.5 Å². The molecule has 1 aliphatic carbocycles. The second-order valence-corrected chi connectivity index (χ2v) is 6.30. The molecule has 7 heteroatoms. The fourth-order valence-corrected chi connectivity index (χ4v) is 2.97. The van der Waals surface area contributed by atoms with Crippen molar-refractivity contribution in [3.05, 3.63) is 29.8 Å². The van der Waals surface area contributed by atoms with Crippen molar-refractivity contribution in [2.24, 2.45) is 4.99 Å². The quantitative estimate of drug-likeness (QED) is 0.323. The molecule has 0 aliphatic heterocycles. The average molecular weight is 474 g/mol. The van der Waals surface area contributed by atoms with E-state index < -0.39 is 0 Å². The monoisotopic (exact) mass is 474 g/mol. The van der Waals surface area contributed by atoms with E-state index in [0.717, 1.165) is 30.7 Å². The lowest BCUT2D eigenvalue weighted by atomic mass is 9.95. The third kappa shape index (κ3) is 8.25. The minimum Gasteiger partial charge on any atom is -0.497 e. The van der Waals surface area contributed by atoms with E-state index in [9.17, 15) is 4.79 Å². The molecular formula is C19H31IN4O2. The van der Waals surface area contributed by atoms with Gasteiger partial charge in [0.2, 0.25) is 5.91 Å². The second-order valence-electron chi connectivity index (χ2n) is 6.30. The largest absolute Gasteiger partial charge is 0.497 e. The Morgan fingerprint density at radius 3 is 2.69 bits per heavy atom. The Morgan fingerprint density at radius 2 is 2.00 bits per heavy atom. The predicted molar refractivity (Wildman–Crippen MR) is 116 cm³/mol. The normalized spacial score (nSPS) is 14.9. The topological polar surface area (TPSA) is 74.8 Å². The van der Waals surface area contributed by atoms with Gasteiger partial charge in [-0.3, -0.25) is 4.79 Å². The maximum absolute atomic E-state index is 12.1. The summed E-state index contributed by atoms with van der Waals surface area (Å²) in [6.45, 7) is 3.51. The Balaban J connectivity index is 0.00000338. The van der Waals surface area contributed by atoms with Crippen LogP contribution in [0.4, 0.5) is 0 Å².